The van der Waals surface area contributed by atoms with Gasteiger partial charge in [0.05, 0.1) is 5.69 Å². The van der Waals surface area contributed by atoms with Gasteiger partial charge < -0.3 is 0 Å². The summed E-state index contributed by atoms with van der Waals surface area (Å²) in [6, 6.07) is 11.4. The SMILES string of the molecule is CCCCc1nnc(NC(=O)c2cc(-c3ccccc3)n[nH]2)s1. The number of aryl methyl sites for hydroxylation is 1. The largest absolute Gasteiger partial charge is 0.295 e. The molecule has 7 heteroatoms. The summed E-state index contributed by atoms with van der Waals surface area (Å²) < 4.78 is 0. The number of amides is 1. The van der Waals surface area contributed by atoms with Gasteiger partial charge in [0.2, 0.25) is 5.13 Å². The van der Waals surface area contributed by atoms with Crippen LogP contribution in [0.1, 0.15) is 35.3 Å². The number of unbranched alkanes of at least 4 members (excludes halogenated alkanes) is 1. The molecule has 2 aromatic heterocycles. The Balaban J connectivity index is 1.67. The predicted molar refractivity (Wildman–Crippen MR) is 90.5 cm³/mol. The number of aromatic amines is 1. The number of aromatic nitrogens is 4. The highest BCUT2D eigenvalue weighted by Gasteiger charge is 2.13. The molecule has 0 fully saturated rings. The van der Waals surface area contributed by atoms with E-state index in [2.05, 4.69) is 32.6 Å². The van der Waals surface area contributed by atoms with Crippen LogP contribution in [-0.2, 0) is 6.42 Å². The van der Waals surface area contributed by atoms with Crippen LogP contribution in [0.25, 0.3) is 11.3 Å². The molecule has 0 spiro atoms. The number of rotatable bonds is 6. The number of nitrogens with one attached hydrogen (secondary N) is 2. The number of anilines is 1. The lowest BCUT2D eigenvalue weighted by molar-refractivity contribution is 0.102. The van der Waals surface area contributed by atoms with Gasteiger partial charge in [0.15, 0.2) is 0 Å². The minimum atomic E-state index is -0.266. The van der Waals surface area contributed by atoms with Gasteiger partial charge in [-0.15, -0.1) is 10.2 Å². The van der Waals surface area contributed by atoms with E-state index < -0.39 is 0 Å². The average Bonchev–Trinajstić information content (AvgIpc) is 3.23. The summed E-state index contributed by atoms with van der Waals surface area (Å²) >= 11 is 1.41. The summed E-state index contributed by atoms with van der Waals surface area (Å²) in [6.45, 7) is 2.13. The lowest BCUT2D eigenvalue weighted by atomic mass is 10.1. The monoisotopic (exact) mass is 327 g/mol. The van der Waals surface area contributed by atoms with E-state index in [1.54, 1.807) is 6.07 Å². The maximum atomic E-state index is 12.2. The van der Waals surface area contributed by atoms with Crippen molar-refractivity contribution in [2.24, 2.45) is 0 Å². The Morgan fingerprint density at radius 3 is 2.87 bits per heavy atom. The van der Waals surface area contributed by atoms with Crippen molar-refractivity contribution in [3.05, 3.63) is 47.1 Å². The molecule has 6 nitrogen and oxygen atoms in total. The minimum absolute atomic E-state index is 0.266. The maximum absolute atomic E-state index is 12.2. The van der Waals surface area contributed by atoms with Crippen LogP contribution < -0.4 is 5.32 Å². The topological polar surface area (TPSA) is 83.6 Å². The van der Waals surface area contributed by atoms with E-state index >= 15 is 0 Å². The number of H-pyrrole nitrogens is 1. The molecule has 0 saturated heterocycles. The standard InChI is InChI=1S/C16H17N5OS/c1-2-3-9-14-20-21-16(23-14)17-15(22)13-10-12(18-19-13)11-7-5-4-6-8-11/h4-8,10H,2-3,9H2,1H3,(H,18,19)(H,17,21,22). The zero-order valence-electron chi connectivity index (χ0n) is 12.7. The Hall–Kier alpha value is -2.54. The van der Waals surface area contributed by atoms with Crippen molar-refractivity contribution in [2.75, 3.05) is 5.32 Å². The predicted octanol–water partition coefficient (Wildman–Crippen LogP) is 3.52. The molecule has 0 radical (unpaired) electrons. The first-order valence-electron chi connectivity index (χ1n) is 7.51. The molecular formula is C16H17N5OS. The number of carbonyl (C=O) groups is 1. The fraction of sp³-hybridized carbons (Fsp3) is 0.250. The first kappa shape index (κ1) is 15.4. The maximum Gasteiger partial charge on any atom is 0.275 e. The molecule has 0 saturated carbocycles. The van der Waals surface area contributed by atoms with Crippen LogP contribution in [0.2, 0.25) is 0 Å². The van der Waals surface area contributed by atoms with Crippen molar-refractivity contribution in [1.82, 2.24) is 20.4 Å². The normalized spacial score (nSPS) is 10.7. The molecule has 2 heterocycles. The van der Waals surface area contributed by atoms with Gasteiger partial charge >= 0.3 is 0 Å². The molecule has 0 aliphatic heterocycles. The van der Waals surface area contributed by atoms with Crippen LogP contribution >= 0.6 is 11.3 Å². The third-order valence-corrected chi connectivity index (χ3v) is 4.22. The Kier molecular flexibility index (Phi) is 4.77. The van der Waals surface area contributed by atoms with E-state index in [0.29, 0.717) is 10.8 Å². The first-order valence-corrected chi connectivity index (χ1v) is 8.32. The van der Waals surface area contributed by atoms with Crippen molar-refractivity contribution in [3.8, 4) is 11.3 Å². The van der Waals surface area contributed by atoms with Crippen LogP contribution in [0.3, 0.4) is 0 Å². The zero-order chi connectivity index (χ0) is 16.1. The van der Waals surface area contributed by atoms with Gasteiger partial charge in [-0.1, -0.05) is 55.0 Å². The molecule has 0 atom stereocenters. The van der Waals surface area contributed by atoms with E-state index in [1.165, 1.54) is 11.3 Å². The Morgan fingerprint density at radius 2 is 2.09 bits per heavy atom. The lowest BCUT2D eigenvalue weighted by Crippen LogP contribution is -2.12. The third kappa shape index (κ3) is 3.81. The highest BCUT2D eigenvalue weighted by Crippen LogP contribution is 2.20. The Labute approximate surface area is 138 Å². The molecule has 3 aromatic rings. The minimum Gasteiger partial charge on any atom is -0.295 e. The summed E-state index contributed by atoms with van der Waals surface area (Å²) in [5.41, 5.74) is 2.09. The second kappa shape index (κ2) is 7.15. The highest BCUT2D eigenvalue weighted by atomic mass is 32.1. The van der Waals surface area contributed by atoms with Crippen molar-refractivity contribution in [2.45, 2.75) is 26.2 Å². The van der Waals surface area contributed by atoms with E-state index in [4.69, 9.17) is 0 Å². The quantitative estimate of drug-likeness (QED) is 0.725. The molecular weight excluding hydrogens is 310 g/mol. The number of carbonyl (C=O) groups excluding carboxylic acids is 1. The van der Waals surface area contributed by atoms with Crippen LogP contribution in [0.5, 0.6) is 0 Å². The van der Waals surface area contributed by atoms with E-state index in [1.807, 2.05) is 30.3 Å². The summed E-state index contributed by atoms with van der Waals surface area (Å²) in [4.78, 5) is 12.2. The molecule has 0 aliphatic carbocycles. The van der Waals surface area contributed by atoms with Crippen molar-refractivity contribution in [3.63, 3.8) is 0 Å². The van der Waals surface area contributed by atoms with E-state index in [-0.39, 0.29) is 5.91 Å². The van der Waals surface area contributed by atoms with Crippen LogP contribution in [-0.4, -0.2) is 26.3 Å². The highest BCUT2D eigenvalue weighted by molar-refractivity contribution is 7.15. The van der Waals surface area contributed by atoms with Gasteiger partial charge in [-0.3, -0.25) is 15.2 Å². The molecule has 1 amide bonds. The zero-order valence-corrected chi connectivity index (χ0v) is 13.6. The van der Waals surface area contributed by atoms with Gasteiger partial charge in [0, 0.05) is 12.0 Å². The summed E-state index contributed by atoms with van der Waals surface area (Å²) in [7, 11) is 0. The average molecular weight is 327 g/mol. The molecule has 2 N–H and O–H groups in total. The summed E-state index contributed by atoms with van der Waals surface area (Å²) in [5.74, 6) is -0.266. The van der Waals surface area contributed by atoms with Crippen molar-refractivity contribution < 1.29 is 4.79 Å². The van der Waals surface area contributed by atoms with Crippen LogP contribution in [0.4, 0.5) is 5.13 Å². The summed E-state index contributed by atoms with van der Waals surface area (Å²) in [5, 5.41) is 19.2. The lowest BCUT2D eigenvalue weighted by Gasteiger charge is -1.96. The smallest absolute Gasteiger partial charge is 0.275 e. The fourth-order valence-electron chi connectivity index (χ4n) is 2.09. The molecule has 0 aliphatic rings. The third-order valence-electron chi connectivity index (χ3n) is 3.32. The number of benzene rings is 1. The second-order valence-corrected chi connectivity index (χ2v) is 6.15. The molecule has 0 bridgehead atoms. The molecule has 118 valence electrons. The first-order chi connectivity index (χ1) is 11.3. The Morgan fingerprint density at radius 1 is 1.26 bits per heavy atom. The molecule has 0 unspecified atom stereocenters. The number of nitrogens with zero attached hydrogens (tertiary/aromatic N) is 3. The van der Waals surface area contributed by atoms with Crippen LogP contribution in [0.15, 0.2) is 36.4 Å². The van der Waals surface area contributed by atoms with Gasteiger partial charge in [-0.2, -0.15) is 5.10 Å². The van der Waals surface area contributed by atoms with Crippen molar-refractivity contribution >= 4 is 22.4 Å². The van der Waals surface area contributed by atoms with Crippen LogP contribution in [0, 0.1) is 0 Å². The van der Waals surface area contributed by atoms with E-state index in [0.717, 1.165) is 35.5 Å². The van der Waals surface area contributed by atoms with Gasteiger partial charge in [0.1, 0.15) is 10.7 Å². The number of hydrogen-bond acceptors (Lipinski definition) is 5. The van der Waals surface area contributed by atoms with Crippen molar-refractivity contribution in [1.29, 1.82) is 0 Å². The summed E-state index contributed by atoms with van der Waals surface area (Å²) in [6.07, 6.45) is 3.08. The van der Waals surface area contributed by atoms with Gasteiger partial charge in [-0.25, -0.2) is 0 Å². The molecule has 1 aromatic carbocycles. The Bertz CT molecular complexity index is 781. The number of hydrogen-bond donors (Lipinski definition) is 2. The van der Waals surface area contributed by atoms with Gasteiger partial charge in [-0.05, 0) is 12.5 Å². The molecule has 23 heavy (non-hydrogen) atoms. The molecule has 3 rings (SSSR count). The van der Waals surface area contributed by atoms with E-state index in [9.17, 15) is 4.79 Å². The second-order valence-electron chi connectivity index (χ2n) is 5.09. The van der Waals surface area contributed by atoms with Gasteiger partial charge in [0.25, 0.3) is 5.91 Å². The fourth-order valence-corrected chi connectivity index (χ4v) is 2.87.